The average Bonchev–Trinajstić information content (AvgIpc) is 1.86. The maximum atomic E-state index is 4.45. The zero-order valence-electron chi connectivity index (χ0n) is 6.01. The Morgan fingerprint density at radius 1 is 1.50 bits per heavy atom. The molecule has 1 nitrogen and oxygen atoms in total. The van der Waals surface area contributed by atoms with Crippen LogP contribution in [0.25, 0.3) is 0 Å². The Morgan fingerprint density at radius 2 is 2.30 bits per heavy atom. The molecule has 2 heterocycles. The van der Waals surface area contributed by atoms with E-state index in [1.807, 2.05) is 0 Å². The third-order valence-electron chi connectivity index (χ3n) is 2.65. The molecule has 3 atom stereocenters. The highest BCUT2D eigenvalue weighted by atomic mass is 32.1. The van der Waals surface area contributed by atoms with E-state index in [9.17, 15) is 0 Å². The molecule has 2 bridgehead atoms. The number of thiol groups is 1. The van der Waals surface area contributed by atoms with Crippen LogP contribution < -0.4 is 5.32 Å². The van der Waals surface area contributed by atoms with Crippen molar-refractivity contribution in [3.05, 3.63) is 12.2 Å². The molecule has 0 radical (unpaired) electrons. The largest absolute Gasteiger partial charge is 0.302 e. The first kappa shape index (κ1) is 6.74. The van der Waals surface area contributed by atoms with E-state index >= 15 is 0 Å². The molecule has 0 aromatic heterocycles. The highest BCUT2D eigenvalue weighted by Crippen LogP contribution is 2.37. The van der Waals surface area contributed by atoms with Crippen LogP contribution in [0.1, 0.15) is 19.3 Å². The summed E-state index contributed by atoms with van der Waals surface area (Å²) in [5.41, 5.74) is 1.41. The molecule has 3 rings (SSSR count). The van der Waals surface area contributed by atoms with Crippen molar-refractivity contribution in [1.82, 2.24) is 5.32 Å². The van der Waals surface area contributed by atoms with Gasteiger partial charge in [-0.15, -0.1) is 0 Å². The highest BCUT2D eigenvalue weighted by molar-refractivity contribution is 7.80. The van der Waals surface area contributed by atoms with Gasteiger partial charge in [0.1, 0.15) is 0 Å². The summed E-state index contributed by atoms with van der Waals surface area (Å²) in [4.78, 5) is 0. The van der Waals surface area contributed by atoms with E-state index in [1.54, 1.807) is 0 Å². The summed E-state index contributed by atoms with van der Waals surface area (Å²) in [6.45, 7) is 4.06. The molecule has 3 aliphatic rings. The molecule has 1 N–H and O–H groups in total. The normalized spacial score (nSPS) is 46.1. The van der Waals surface area contributed by atoms with Crippen LogP contribution in [0.3, 0.4) is 0 Å². The Balaban J connectivity index is 2.18. The molecule has 1 saturated carbocycles. The molecule has 0 spiro atoms. The van der Waals surface area contributed by atoms with Crippen molar-refractivity contribution in [3.63, 3.8) is 0 Å². The molecule has 10 heavy (non-hydrogen) atoms. The molecule has 0 amide bonds. The minimum Gasteiger partial charge on any atom is -0.302 e. The SMILES string of the molecule is C=C1CC2CCC1C(S)N2. The second-order valence-electron chi connectivity index (χ2n) is 3.35. The lowest BCUT2D eigenvalue weighted by molar-refractivity contribution is 0.261. The molecule has 0 aromatic rings. The van der Waals surface area contributed by atoms with Crippen molar-refractivity contribution in [3.8, 4) is 0 Å². The van der Waals surface area contributed by atoms with Gasteiger partial charge in [0.05, 0.1) is 5.37 Å². The third-order valence-corrected chi connectivity index (χ3v) is 3.16. The van der Waals surface area contributed by atoms with Crippen LogP contribution in [0.2, 0.25) is 0 Å². The second kappa shape index (κ2) is 2.28. The minimum absolute atomic E-state index is 0.389. The van der Waals surface area contributed by atoms with E-state index in [4.69, 9.17) is 0 Å². The summed E-state index contributed by atoms with van der Waals surface area (Å²) in [7, 11) is 0. The van der Waals surface area contributed by atoms with Gasteiger partial charge in [0.25, 0.3) is 0 Å². The van der Waals surface area contributed by atoms with Crippen molar-refractivity contribution >= 4 is 12.6 Å². The number of piperidine rings is 2. The molecule has 1 aliphatic carbocycles. The van der Waals surface area contributed by atoms with Crippen LogP contribution in [-0.2, 0) is 0 Å². The average molecular weight is 155 g/mol. The van der Waals surface area contributed by atoms with Crippen molar-refractivity contribution < 1.29 is 0 Å². The first-order chi connectivity index (χ1) is 4.77. The Hall–Kier alpha value is 0.0500. The zero-order chi connectivity index (χ0) is 7.14. The molecular weight excluding hydrogens is 142 g/mol. The maximum Gasteiger partial charge on any atom is 0.0570 e. The quantitative estimate of drug-likeness (QED) is 0.400. The fraction of sp³-hybridized carbons (Fsp3) is 0.750. The molecular formula is C8H13NS. The van der Waals surface area contributed by atoms with Gasteiger partial charge in [-0.3, -0.25) is 0 Å². The van der Waals surface area contributed by atoms with Crippen molar-refractivity contribution in [2.75, 3.05) is 0 Å². The number of nitrogens with one attached hydrogen (secondary N) is 1. The van der Waals surface area contributed by atoms with Gasteiger partial charge < -0.3 is 5.32 Å². The van der Waals surface area contributed by atoms with Gasteiger partial charge in [-0.1, -0.05) is 12.2 Å². The van der Waals surface area contributed by atoms with E-state index in [-0.39, 0.29) is 0 Å². The molecule has 56 valence electrons. The Morgan fingerprint density at radius 3 is 2.70 bits per heavy atom. The lowest BCUT2D eigenvalue weighted by atomic mass is 9.78. The fourth-order valence-corrected chi connectivity index (χ4v) is 2.61. The molecule has 2 saturated heterocycles. The Kier molecular flexibility index (Phi) is 1.53. The standard InChI is InChI=1S/C8H13NS/c1-5-4-6-2-3-7(5)8(10)9-6/h6-10H,1-4H2. The monoisotopic (exact) mass is 155 g/mol. The number of fused-ring (bicyclic) bond motifs is 3. The summed E-state index contributed by atoms with van der Waals surface area (Å²) in [6, 6.07) is 0.681. The topological polar surface area (TPSA) is 12.0 Å². The van der Waals surface area contributed by atoms with E-state index in [0.717, 1.165) is 0 Å². The Labute approximate surface area is 67.3 Å². The van der Waals surface area contributed by atoms with Gasteiger partial charge in [0, 0.05) is 12.0 Å². The summed E-state index contributed by atoms with van der Waals surface area (Å²) in [6.07, 6.45) is 3.80. The lowest BCUT2D eigenvalue weighted by Crippen LogP contribution is -2.50. The van der Waals surface area contributed by atoms with Gasteiger partial charge in [0.15, 0.2) is 0 Å². The summed E-state index contributed by atoms with van der Waals surface area (Å²) in [5.74, 6) is 0.647. The van der Waals surface area contributed by atoms with Crippen LogP contribution >= 0.6 is 12.6 Å². The summed E-state index contributed by atoms with van der Waals surface area (Å²) < 4.78 is 0. The van der Waals surface area contributed by atoms with Gasteiger partial charge in [-0.25, -0.2) is 0 Å². The van der Waals surface area contributed by atoms with Crippen molar-refractivity contribution in [2.45, 2.75) is 30.7 Å². The molecule has 3 fully saturated rings. The smallest absolute Gasteiger partial charge is 0.0570 e. The van der Waals surface area contributed by atoms with Gasteiger partial charge in [-0.05, 0) is 19.3 Å². The van der Waals surface area contributed by atoms with Gasteiger partial charge in [0.2, 0.25) is 0 Å². The molecule has 2 aliphatic heterocycles. The van der Waals surface area contributed by atoms with E-state index in [1.165, 1.54) is 24.8 Å². The summed E-state index contributed by atoms with van der Waals surface area (Å²) >= 11 is 4.45. The van der Waals surface area contributed by atoms with Crippen molar-refractivity contribution in [2.24, 2.45) is 5.92 Å². The van der Waals surface area contributed by atoms with Crippen LogP contribution in [0.4, 0.5) is 0 Å². The number of hydrogen-bond acceptors (Lipinski definition) is 2. The molecule has 0 aromatic carbocycles. The zero-order valence-corrected chi connectivity index (χ0v) is 6.90. The first-order valence-corrected chi connectivity index (χ1v) is 4.41. The number of rotatable bonds is 0. The fourth-order valence-electron chi connectivity index (χ4n) is 2.04. The van der Waals surface area contributed by atoms with E-state index in [0.29, 0.717) is 17.3 Å². The maximum absolute atomic E-state index is 4.45. The van der Waals surface area contributed by atoms with Gasteiger partial charge >= 0.3 is 0 Å². The molecule has 2 heteroatoms. The van der Waals surface area contributed by atoms with Crippen LogP contribution in [0.5, 0.6) is 0 Å². The van der Waals surface area contributed by atoms with Crippen LogP contribution in [-0.4, -0.2) is 11.4 Å². The minimum atomic E-state index is 0.389. The lowest BCUT2D eigenvalue weighted by Gasteiger charge is -2.42. The van der Waals surface area contributed by atoms with Gasteiger partial charge in [-0.2, -0.15) is 12.6 Å². The van der Waals surface area contributed by atoms with E-state index in [2.05, 4.69) is 24.5 Å². The van der Waals surface area contributed by atoms with Crippen molar-refractivity contribution in [1.29, 1.82) is 0 Å². The first-order valence-electron chi connectivity index (χ1n) is 3.89. The van der Waals surface area contributed by atoms with E-state index < -0.39 is 0 Å². The second-order valence-corrected chi connectivity index (χ2v) is 3.91. The Bertz CT molecular complexity index is 167. The highest BCUT2D eigenvalue weighted by Gasteiger charge is 2.35. The van der Waals surface area contributed by atoms with Crippen LogP contribution in [0.15, 0.2) is 12.2 Å². The molecule has 3 unspecified atom stereocenters. The predicted octanol–water partition coefficient (Wildman–Crippen LogP) is 1.57. The van der Waals surface area contributed by atoms with Crippen LogP contribution in [0, 0.1) is 5.92 Å². The number of hydrogen-bond donors (Lipinski definition) is 2. The third kappa shape index (κ3) is 0.903. The summed E-state index contributed by atoms with van der Waals surface area (Å²) in [5, 5.41) is 3.84. The predicted molar refractivity (Wildman–Crippen MR) is 46.2 cm³/mol.